The highest BCUT2D eigenvalue weighted by Gasteiger charge is 2.12. The Morgan fingerprint density at radius 3 is 2.06 bits per heavy atom. The molecule has 0 saturated heterocycles. The van der Waals surface area contributed by atoms with Crippen molar-refractivity contribution >= 4 is 28.3 Å². The van der Waals surface area contributed by atoms with Crippen LogP contribution in [0, 0.1) is 0 Å². The number of nitrogens with one attached hydrogen (secondary N) is 2. The summed E-state index contributed by atoms with van der Waals surface area (Å²) in [5.41, 5.74) is 1.82. The Morgan fingerprint density at radius 2 is 1.37 bits per heavy atom. The smallest absolute Gasteiger partial charge is 0.323 e. The van der Waals surface area contributed by atoms with Gasteiger partial charge in [0, 0.05) is 29.4 Å². The molecule has 9 nitrogen and oxygen atoms in total. The molecule has 0 radical (unpaired) electrons. The average molecular weight is 476 g/mol. The Kier molecular flexibility index (Phi) is 7.06. The molecule has 9 heteroatoms. The second-order valence-corrected chi connectivity index (χ2v) is 7.31. The number of methoxy groups -OCH3 is 4. The third-order valence-corrected chi connectivity index (χ3v) is 5.20. The number of benzene rings is 3. The van der Waals surface area contributed by atoms with E-state index < -0.39 is 6.03 Å². The molecule has 1 aromatic heterocycles. The van der Waals surface area contributed by atoms with Crippen molar-refractivity contribution in [1.82, 2.24) is 4.98 Å². The number of hydrogen-bond donors (Lipinski definition) is 2. The molecule has 0 atom stereocenters. The van der Waals surface area contributed by atoms with Crippen molar-refractivity contribution in [3.05, 3.63) is 66.9 Å². The fraction of sp³-hybridized carbons (Fsp3) is 0.154. The Balaban J connectivity index is 1.46. The van der Waals surface area contributed by atoms with Crippen LogP contribution < -0.4 is 34.3 Å². The fourth-order valence-electron chi connectivity index (χ4n) is 3.46. The SMILES string of the molecule is COc1ccc(NC(=O)Nc2ccc(Oc3ccnc4cc(OC)c(OC)cc34)cc2)c(OC)c1. The lowest BCUT2D eigenvalue weighted by Gasteiger charge is -2.13. The van der Waals surface area contributed by atoms with Gasteiger partial charge in [0.15, 0.2) is 11.5 Å². The number of hydrogen-bond acceptors (Lipinski definition) is 7. The van der Waals surface area contributed by atoms with Crippen molar-refractivity contribution in [3.63, 3.8) is 0 Å². The van der Waals surface area contributed by atoms with Crippen LogP contribution in [-0.4, -0.2) is 39.5 Å². The van der Waals surface area contributed by atoms with Crippen molar-refractivity contribution < 1.29 is 28.5 Å². The maximum Gasteiger partial charge on any atom is 0.323 e. The first-order valence-corrected chi connectivity index (χ1v) is 10.6. The van der Waals surface area contributed by atoms with Gasteiger partial charge in [-0.3, -0.25) is 4.98 Å². The number of anilines is 2. The molecule has 0 bridgehead atoms. The van der Waals surface area contributed by atoms with E-state index in [1.807, 2.05) is 6.07 Å². The lowest BCUT2D eigenvalue weighted by Crippen LogP contribution is -2.19. The molecule has 0 aliphatic heterocycles. The molecule has 2 amide bonds. The quantitative estimate of drug-likeness (QED) is 0.337. The number of urea groups is 1. The summed E-state index contributed by atoms with van der Waals surface area (Å²) in [5, 5.41) is 6.33. The number of carbonyl (C=O) groups is 1. The Morgan fingerprint density at radius 1 is 0.686 bits per heavy atom. The molecule has 0 spiro atoms. The van der Waals surface area contributed by atoms with Crippen molar-refractivity contribution in [1.29, 1.82) is 0 Å². The molecule has 1 heterocycles. The summed E-state index contributed by atoms with van der Waals surface area (Å²) in [6.45, 7) is 0. The van der Waals surface area contributed by atoms with E-state index in [4.69, 9.17) is 23.7 Å². The number of aromatic nitrogens is 1. The number of carbonyl (C=O) groups excluding carboxylic acids is 1. The Labute approximate surface area is 202 Å². The molecule has 2 N–H and O–H groups in total. The second kappa shape index (κ2) is 10.5. The molecule has 4 rings (SSSR count). The van der Waals surface area contributed by atoms with Gasteiger partial charge in [-0.1, -0.05) is 0 Å². The van der Waals surface area contributed by atoms with Gasteiger partial charge in [0.2, 0.25) is 0 Å². The molecule has 0 unspecified atom stereocenters. The molecule has 0 fully saturated rings. The summed E-state index contributed by atoms with van der Waals surface area (Å²) in [6.07, 6.45) is 1.66. The van der Waals surface area contributed by atoms with E-state index in [0.717, 1.165) is 5.39 Å². The molecule has 35 heavy (non-hydrogen) atoms. The van der Waals surface area contributed by atoms with Gasteiger partial charge >= 0.3 is 6.03 Å². The summed E-state index contributed by atoms with van der Waals surface area (Å²) in [5.74, 6) is 3.49. The molecule has 0 saturated carbocycles. The van der Waals surface area contributed by atoms with Crippen molar-refractivity contribution in [2.45, 2.75) is 0 Å². The van der Waals surface area contributed by atoms with Gasteiger partial charge < -0.3 is 34.3 Å². The average Bonchev–Trinajstić information content (AvgIpc) is 2.89. The van der Waals surface area contributed by atoms with E-state index >= 15 is 0 Å². The molecule has 0 aliphatic rings. The minimum atomic E-state index is -0.414. The number of amides is 2. The lowest BCUT2D eigenvalue weighted by atomic mass is 10.2. The molecular formula is C26H25N3O6. The van der Waals surface area contributed by atoms with Gasteiger partial charge in [0.05, 0.1) is 39.6 Å². The Bertz CT molecular complexity index is 1340. The monoisotopic (exact) mass is 475 g/mol. The highest BCUT2D eigenvalue weighted by atomic mass is 16.5. The third kappa shape index (κ3) is 5.30. The van der Waals surface area contributed by atoms with E-state index in [1.165, 1.54) is 7.11 Å². The predicted octanol–water partition coefficient (Wildman–Crippen LogP) is 5.71. The molecular weight excluding hydrogens is 450 g/mol. The topological polar surface area (TPSA) is 100 Å². The Hall–Kier alpha value is -4.66. The second-order valence-electron chi connectivity index (χ2n) is 7.31. The van der Waals surface area contributed by atoms with Gasteiger partial charge in [0.25, 0.3) is 0 Å². The van der Waals surface area contributed by atoms with Crippen LogP contribution in [0.4, 0.5) is 16.2 Å². The number of nitrogens with zero attached hydrogens (tertiary/aromatic N) is 1. The minimum Gasteiger partial charge on any atom is -0.497 e. The summed E-state index contributed by atoms with van der Waals surface area (Å²) < 4.78 is 27.3. The standard InChI is InChI=1S/C26H25N3O6/c1-31-18-9-10-20(23(13-18)32-2)29-26(30)28-16-5-7-17(8-6-16)35-22-11-12-27-21-15-25(34-4)24(33-3)14-19(21)22/h5-15H,1-4H3,(H2,28,29,30). The van der Waals surface area contributed by atoms with Crippen LogP contribution in [-0.2, 0) is 0 Å². The van der Waals surface area contributed by atoms with E-state index in [9.17, 15) is 4.79 Å². The predicted molar refractivity (Wildman–Crippen MR) is 134 cm³/mol. The number of ether oxygens (including phenoxy) is 5. The maximum atomic E-state index is 12.5. The highest BCUT2D eigenvalue weighted by molar-refractivity contribution is 6.00. The minimum absolute atomic E-state index is 0.414. The summed E-state index contributed by atoms with van der Waals surface area (Å²) in [6, 6.07) is 17.1. The van der Waals surface area contributed by atoms with Crippen LogP contribution >= 0.6 is 0 Å². The molecule has 3 aromatic carbocycles. The van der Waals surface area contributed by atoms with Gasteiger partial charge in [-0.25, -0.2) is 4.79 Å². The number of rotatable bonds is 8. The third-order valence-electron chi connectivity index (χ3n) is 5.20. The van der Waals surface area contributed by atoms with E-state index in [0.29, 0.717) is 51.4 Å². The molecule has 4 aromatic rings. The summed E-state index contributed by atoms with van der Waals surface area (Å²) in [4.78, 5) is 16.9. The van der Waals surface area contributed by atoms with Crippen LogP contribution in [0.2, 0.25) is 0 Å². The van der Waals surface area contributed by atoms with Gasteiger partial charge in [-0.05, 0) is 48.5 Å². The zero-order chi connectivity index (χ0) is 24.8. The number of pyridine rings is 1. The molecule has 0 aliphatic carbocycles. The normalized spacial score (nSPS) is 10.4. The van der Waals surface area contributed by atoms with Crippen LogP contribution in [0.5, 0.6) is 34.5 Å². The van der Waals surface area contributed by atoms with Gasteiger partial charge in [0.1, 0.15) is 23.0 Å². The number of fused-ring (bicyclic) bond motifs is 1. The van der Waals surface area contributed by atoms with Crippen LogP contribution in [0.1, 0.15) is 0 Å². The van der Waals surface area contributed by atoms with E-state index in [-0.39, 0.29) is 0 Å². The first-order valence-electron chi connectivity index (χ1n) is 10.6. The van der Waals surface area contributed by atoms with E-state index in [2.05, 4.69) is 15.6 Å². The van der Waals surface area contributed by atoms with Crippen molar-refractivity contribution in [3.8, 4) is 34.5 Å². The zero-order valence-electron chi connectivity index (χ0n) is 19.7. The van der Waals surface area contributed by atoms with Gasteiger partial charge in [-0.15, -0.1) is 0 Å². The summed E-state index contributed by atoms with van der Waals surface area (Å²) in [7, 11) is 6.24. The zero-order valence-corrected chi connectivity index (χ0v) is 19.7. The largest absolute Gasteiger partial charge is 0.497 e. The lowest BCUT2D eigenvalue weighted by molar-refractivity contribution is 0.262. The van der Waals surface area contributed by atoms with E-state index in [1.54, 1.807) is 82.1 Å². The first kappa shape index (κ1) is 23.5. The van der Waals surface area contributed by atoms with Crippen LogP contribution in [0.25, 0.3) is 10.9 Å². The van der Waals surface area contributed by atoms with Crippen molar-refractivity contribution in [2.24, 2.45) is 0 Å². The van der Waals surface area contributed by atoms with Crippen LogP contribution in [0.3, 0.4) is 0 Å². The molecule has 180 valence electrons. The van der Waals surface area contributed by atoms with Gasteiger partial charge in [-0.2, -0.15) is 0 Å². The maximum absolute atomic E-state index is 12.5. The van der Waals surface area contributed by atoms with Crippen molar-refractivity contribution in [2.75, 3.05) is 39.1 Å². The van der Waals surface area contributed by atoms with Crippen LogP contribution in [0.15, 0.2) is 66.9 Å². The first-order chi connectivity index (χ1) is 17.0. The highest BCUT2D eigenvalue weighted by Crippen LogP contribution is 2.37. The fourth-order valence-corrected chi connectivity index (χ4v) is 3.46. The summed E-state index contributed by atoms with van der Waals surface area (Å²) >= 11 is 0.